The van der Waals surface area contributed by atoms with Crippen LogP contribution in [0.4, 0.5) is 5.00 Å². The molecule has 28 heavy (non-hydrogen) atoms. The largest absolute Gasteiger partial charge is 0.497 e. The Labute approximate surface area is 172 Å². The molecule has 0 unspecified atom stereocenters. The van der Waals surface area contributed by atoms with Crippen LogP contribution in [0.15, 0.2) is 29.3 Å². The number of anilines is 1. The molecule has 0 fully saturated rings. The van der Waals surface area contributed by atoms with E-state index in [9.17, 15) is 10.1 Å². The molecule has 0 aliphatic carbocycles. The summed E-state index contributed by atoms with van der Waals surface area (Å²) >= 11 is 2.85. The minimum absolute atomic E-state index is 0.138. The van der Waals surface area contributed by atoms with Crippen molar-refractivity contribution >= 4 is 44.9 Å². The van der Waals surface area contributed by atoms with E-state index in [1.54, 1.807) is 7.11 Å². The predicted octanol–water partition coefficient (Wildman–Crippen LogP) is 5.09. The summed E-state index contributed by atoms with van der Waals surface area (Å²) < 4.78 is 5.28. The molecule has 0 aliphatic rings. The quantitative estimate of drug-likeness (QED) is 0.572. The van der Waals surface area contributed by atoms with Crippen molar-refractivity contribution in [2.24, 2.45) is 0 Å². The van der Waals surface area contributed by atoms with Crippen molar-refractivity contribution in [2.75, 3.05) is 18.2 Å². The van der Waals surface area contributed by atoms with Crippen molar-refractivity contribution < 1.29 is 9.53 Å². The SMILES string of the molecule is CCc1cc2cc(OC)ccc2nc1SCC(=O)Nc1sc(C)c(C)c1C#N. The molecule has 0 spiro atoms. The van der Waals surface area contributed by atoms with Gasteiger partial charge >= 0.3 is 0 Å². The van der Waals surface area contributed by atoms with Gasteiger partial charge in [-0.15, -0.1) is 11.3 Å². The number of hydrogen-bond acceptors (Lipinski definition) is 6. The topological polar surface area (TPSA) is 75.0 Å². The number of aryl methyl sites for hydroxylation is 2. The van der Waals surface area contributed by atoms with Gasteiger partial charge in [0.05, 0.1) is 23.9 Å². The highest BCUT2D eigenvalue weighted by Gasteiger charge is 2.16. The number of hydrogen-bond donors (Lipinski definition) is 1. The first-order valence-corrected chi connectivity index (χ1v) is 10.7. The van der Waals surface area contributed by atoms with Crippen LogP contribution in [0.5, 0.6) is 5.75 Å². The van der Waals surface area contributed by atoms with Gasteiger partial charge in [-0.1, -0.05) is 18.7 Å². The second-order valence-electron chi connectivity index (χ2n) is 6.30. The first kappa shape index (κ1) is 20.2. The molecule has 2 aromatic heterocycles. The number of fused-ring (bicyclic) bond motifs is 1. The highest BCUT2D eigenvalue weighted by molar-refractivity contribution is 8.00. The Hall–Kier alpha value is -2.56. The van der Waals surface area contributed by atoms with E-state index >= 15 is 0 Å². The number of ether oxygens (including phenoxy) is 1. The second-order valence-corrected chi connectivity index (χ2v) is 8.49. The van der Waals surface area contributed by atoms with Crippen molar-refractivity contribution in [1.29, 1.82) is 5.26 Å². The summed E-state index contributed by atoms with van der Waals surface area (Å²) in [6.45, 7) is 5.92. The van der Waals surface area contributed by atoms with Crippen LogP contribution in [0, 0.1) is 25.2 Å². The van der Waals surface area contributed by atoms with Crippen LogP contribution in [0.3, 0.4) is 0 Å². The van der Waals surface area contributed by atoms with Gasteiger partial charge < -0.3 is 10.1 Å². The molecule has 3 rings (SSSR count). The molecule has 2 heterocycles. The van der Waals surface area contributed by atoms with Crippen LogP contribution in [-0.4, -0.2) is 23.8 Å². The smallest absolute Gasteiger partial charge is 0.235 e. The van der Waals surface area contributed by atoms with Crippen molar-refractivity contribution in [3.8, 4) is 11.8 Å². The zero-order valence-corrected chi connectivity index (χ0v) is 17.9. The molecule has 5 nitrogen and oxygen atoms in total. The maximum absolute atomic E-state index is 12.4. The number of thioether (sulfide) groups is 1. The highest BCUT2D eigenvalue weighted by Crippen LogP contribution is 2.32. The number of rotatable bonds is 6. The first-order valence-electron chi connectivity index (χ1n) is 8.87. The normalized spacial score (nSPS) is 10.7. The van der Waals surface area contributed by atoms with Gasteiger partial charge in [0.1, 0.15) is 21.8 Å². The molecule has 3 aromatic rings. The van der Waals surface area contributed by atoms with Gasteiger partial charge in [0.25, 0.3) is 0 Å². The fraction of sp³-hybridized carbons (Fsp3) is 0.286. The summed E-state index contributed by atoms with van der Waals surface area (Å²) in [5.74, 6) is 0.898. The average molecular weight is 412 g/mol. The average Bonchev–Trinajstić information content (AvgIpc) is 2.97. The van der Waals surface area contributed by atoms with Gasteiger partial charge in [-0.05, 0) is 55.7 Å². The van der Waals surface area contributed by atoms with Crippen molar-refractivity contribution in [1.82, 2.24) is 4.98 Å². The lowest BCUT2D eigenvalue weighted by Crippen LogP contribution is -2.14. The van der Waals surface area contributed by atoms with Crippen molar-refractivity contribution in [3.05, 3.63) is 45.8 Å². The lowest BCUT2D eigenvalue weighted by molar-refractivity contribution is -0.113. The Kier molecular flexibility index (Phi) is 6.22. The molecule has 7 heteroatoms. The van der Waals surface area contributed by atoms with Crippen LogP contribution in [0.2, 0.25) is 0 Å². The number of nitrogens with one attached hydrogen (secondary N) is 1. The summed E-state index contributed by atoms with van der Waals surface area (Å²) in [5, 5.41) is 14.7. The molecule has 0 radical (unpaired) electrons. The Balaban J connectivity index is 1.76. The molecule has 144 valence electrons. The van der Waals surface area contributed by atoms with E-state index < -0.39 is 0 Å². The number of nitrogens with zero attached hydrogens (tertiary/aromatic N) is 2. The number of carbonyl (C=O) groups is 1. The summed E-state index contributed by atoms with van der Waals surface area (Å²) in [6, 6.07) is 10.1. The van der Waals surface area contributed by atoms with Crippen LogP contribution < -0.4 is 10.1 Å². The monoisotopic (exact) mass is 411 g/mol. The number of benzene rings is 1. The molecule has 0 saturated carbocycles. The lowest BCUT2D eigenvalue weighted by atomic mass is 10.1. The number of amides is 1. The third-order valence-corrected chi connectivity index (χ3v) is 6.69. The van der Waals surface area contributed by atoms with Crippen molar-refractivity contribution in [3.63, 3.8) is 0 Å². The first-order chi connectivity index (χ1) is 13.5. The van der Waals surface area contributed by atoms with Gasteiger partial charge in [-0.3, -0.25) is 4.79 Å². The van der Waals surface area contributed by atoms with E-state index in [0.29, 0.717) is 10.6 Å². The summed E-state index contributed by atoms with van der Waals surface area (Å²) in [4.78, 5) is 18.2. The van der Waals surface area contributed by atoms with Gasteiger partial charge in [-0.25, -0.2) is 4.98 Å². The van der Waals surface area contributed by atoms with E-state index in [2.05, 4.69) is 24.4 Å². The molecule has 1 amide bonds. The zero-order chi connectivity index (χ0) is 20.3. The zero-order valence-electron chi connectivity index (χ0n) is 16.3. The van der Waals surface area contributed by atoms with Crippen LogP contribution in [-0.2, 0) is 11.2 Å². The molecule has 0 atom stereocenters. The fourth-order valence-corrected chi connectivity index (χ4v) is 4.75. The number of carbonyl (C=O) groups excluding carboxylic acids is 1. The van der Waals surface area contributed by atoms with Crippen LogP contribution >= 0.6 is 23.1 Å². The molecular weight excluding hydrogens is 390 g/mol. The molecule has 1 aromatic carbocycles. The summed E-state index contributed by atoms with van der Waals surface area (Å²) in [6.07, 6.45) is 0.825. The van der Waals surface area contributed by atoms with Crippen LogP contribution in [0.1, 0.15) is 28.5 Å². The Morgan fingerprint density at radius 2 is 2.14 bits per heavy atom. The Morgan fingerprint density at radius 1 is 1.36 bits per heavy atom. The molecule has 0 aliphatic heterocycles. The van der Waals surface area contributed by atoms with E-state index in [1.807, 2.05) is 32.0 Å². The van der Waals surface area contributed by atoms with Gasteiger partial charge in [0, 0.05) is 10.3 Å². The van der Waals surface area contributed by atoms with E-state index in [-0.39, 0.29) is 11.7 Å². The summed E-state index contributed by atoms with van der Waals surface area (Å²) in [7, 11) is 1.65. The van der Waals surface area contributed by atoms with Gasteiger partial charge in [-0.2, -0.15) is 5.26 Å². The number of nitriles is 1. The third-order valence-electron chi connectivity index (χ3n) is 4.53. The number of thiophene rings is 1. The standard InChI is InChI=1S/C21H21N3O2S2/c1-5-14-8-15-9-16(26-4)6-7-18(15)23-20(14)27-11-19(25)24-21-17(10-22)12(2)13(3)28-21/h6-9H,5,11H2,1-4H3,(H,24,25). The summed E-state index contributed by atoms with van der Waals surface area (Å²) in [5.41, 5.74) is 3.44. The number of methoxy groups -OCH3 is 1. The van der Waals surface area contributed by atoms with Crippen molar-refractivity contribution in [2.45, 2.75) is 32.2 Å². The Morgan fingerprint density at radius 3 is 2.82 bits per heavy atom. The third kappa shape index (κ3) is 4.13. The fourth-order valence-electron chi connectivity index (χ4n) is 2.83. The van der Waals surface area contributed by atoms with Crippen LogP contribution in [0.25, 0.3) is 10.9 Å². The molecular formula is C21H21N3O2S2. The molecule has 0 saturated heterocycles. The minimum atomic E-state index is -0.138. The minimum Gasteiger partial charge on any atom is -0.497 e. The number of pyridine rings is 1. The number of aromatic nitrogens is 1. The maximum atomic E-state index is 12.4. The predicted molar refractivity (Wildman–Crippen MR) is 116 cm³/mol. The van der Waals surface area contributed by atoms with Gasteiger partial charge in [0.2, 0.25) is 5.91 Å². The molecule has 0 bridgehead atoms. The maximum Gasteiger partial charge on any atom is 0.235 e. The Bertz CT molecular complexity index is 1080. The second kappa shape index (κ2) is 8.63. The van der Waals surface area contributed by atoms with E-state index in [0.717, 1.165) is 44.1 Å². The highest BCUT2D eigenvalue weighted by atomic mass is 32.2. The lowest BCUT2D eigenvalue weighted by Gasteiger charge is -2.10. The van der Waals surface area contributed by atoms with E-state index in [4.69, 9.17) is 9.72 Å². The van der Waals surface area contributed by atoms with Gasteiger partial charge in [0.15, 0.2) is 0 Å². The van der Waals surface area contributed by atoms with E-state index in [1.165, 1.54) is 23.1 Å². The molecule has 1 N–H and O–H groups in total.